The van der Waals surface area contributed by atoms with E-state index in [1.54, 1.807) is 0 Å². The van der Waals surface area contributed by atoms with Gasteiger partial charge >= 0.3 is 0 Å². The van der Waals surface area contributed by atoms with Crippen molar-refractivity contribution >= 4 is 6.08 Å². The molecule has 0 fully saturated rings. The van der Waals surface area contributed by atoms with Crippen molar-refractivity contribution in [3.05, 3.63) is 40.5 Å². The van der Waals surface area contributed by atoms with Crippen LogP contribution in [0.15, 0.2) is 23.8 Å². The van der Waals surface area contributed by atoms with Crippen LogP contribution in [0.1, 0.15) is 43.9 Å². The van der Waals surface area contributed by atoms with Gasteiger partial charge in [-0.1, -0.05) is 49.3 Å². The third-order valence-electron chi connectivity index (χ3n) is 2.49. The number of fused-ring (bicyclic) bond motifs is 1. The van der Waals surface area contributed by atoms with Crippen molar-refractivity contribution in [2.45, 2.75) is 40.5 Å². The molecule has 0 aromatic heterocycles. The average Bonchev–Trinajstić information content (AvgIpc) is 2.21. The van der Waals surface area contributed by atoms with Gasteiger partial charge in [-0.05, 0) is 37.8 Å². The smallest absolute Gasteiger partial charge is 0.0225 e. The highest BCUT2D eigenvalue weighted by molar-refractivity contribution is 5.59. The van der Waals surface area contributed by atoms with E-state index in [1.807, 2.05) is 13.8 Å². The molecule has 0 atom stereocenters. The van der Waals surface area contributed by atoms with Crippen LogP contribution in [0.25, 0.3) is 6.08 Å². The monoisotopic (exact) mass is 188 g/mol. The van der Waals surface area contributed by atoms with Gasteiger partial charge in [-0.25, -0.2) is 0 Å². The van der Waals surface area contributed by atoms with Gasteiger partial charge in [0.25, 0.3) is 0 Å². The van der Waals surface area contributed by atoms with Crippen LogP contribution in [-0.4, -0.2) is 0 Å². The van der Waals surface area contributed by atoms with Gasteiger partial charge in [0.2, 0.25) is 0 Å². The molecule has 0 saturated heterocycles. The second-order valence-corrected chi connectivity index (χ2v) is 3.69. The fourth-order valence-corrected chi connectivity index (χ4v) is 1.76. The Balaban J connectivity index is 0.000000461. The summed E-state index contributed by atoms with van der Waals surface area (Å²) < 4.78 is 0. The zero-order valence-electron chi connectivity index (χ0n) is 9.72. The lowest BCUT2D eigenvalue weighted by molar-refractivity contribution is 0.925. The van der Waals surface area contributed by atoms with Crippen molar-refractivity contribution in [3.8, 4) is 0 Å². The molecule has 0 amide bonds. The minimum atomic E-state index is 1.22. The number of hydrogen-bond donors (Lipinski definition) is 0. The molecule has 1 aliphatic rings. The molecule has 0 saturated carbocycles. The van der Waals surface area contributed by atoms with Gasteiger partial charge in [0.05, 0.1) is 0 Å². The molecular formula is C14H20. The normalized spacial score (nSPS) is 13.6. The summed E-state index contributed by atoms with van der Waals surface area (Å²) in [6.07, 6.45) is 4.76. The van der Waals surface area contributed by atoms with E-state index in [2.05, 4.69) is 38.1 Å². The largest absolute Gasteiger partial charge is 0.0724 e. The molecule has 14 heavy (non-hydrogen) atoms. The molecule has 1 aromatic rings. The summed E-state index contributed by atoms with van der Waals surface area (Å²) in [6.45, 7) is 8.37. The second-order valence-electron chi connectivity index (χ2n) is 3.69. The van der Waals surface area contributed by atoms with E-state index in [0.717, 1.165) is 0 Å². The van der Waals surface area contributed by atoms with E-state index in [-0.39, 0.29) is 0 Å². The van der Waals surface area contributed by atoms with Crippen molar-refractivity contribution in [2.75, 3.05) is 0 Å². The SMILES string of the molecule is CC.CC1=Cc2ccc(C)cc2CC1. The Morgan fingerprint density at radius 1 is 1.00 bits per heavy atom. The van der Waals surface area contributed by atoms with Gasteiger partial charge in [0.1, 0.15) is 0 Å². The number of hydrogen-bond acceptors (Lipinski definition) is 0. The predicted octanol–water partition coefficient (Wildman–Crippen LogP) is 4.37. The van der Waals surface area contributed by atoms with E-state index in [9.17, 15) is 0 Å². The van der Waals surface area contributed by atoms with Crippen molar-refractivity contribution in [1.29, 1.82) is 0 Å². The van der Waals surface area contributed by atoms with Crippen LogP contribution < -0.4 is 0 Å². The van der Waals surface area contributed by atoms with Crippen LogP contribution in [0.5, 0.6) is 0 Å². The summed E-state index contributed by atoms with van der Waals surface area (Å²) in [5.41, 5.74) is 5.82. The van der Waals surface area contributed by atoms with E-state index in [0.29, 0.717) is 0 Å². The Kier molecular flexibility index (Phi) is 3.94. The van der Waals surface area contributed by atoms with Crippen molar-refractivity contribution in [1.82, 2.24) is 0 Å². The summed E-state index contributed by atoms with van der Waals surface area (Å²) in [6, 6.07) is 6.72. The summed E-state index contributed by atoms with van der Waals surface area (Å²) >= 11 is 0. The van der Waals surface area contributed by atoms with Gasteiger partial charge < -0.3 is 0 Å². The number of rotatable bonds is 0. The molecule has 0 aliphatic heterocycles. The van der Waals surface area contributed by atoms with E-state index >= 15 is 0 Å². The van der Waals surface area contributed by atoms with Crippen molar-refractivity contribution < 1.29 is 0 Å². The van der Waals surface area contributed by atoms with Gasteiger partial charge in [0, 0.05) is 0 Å². The minimum Gasteiger partial charge on any atom is -0.0724 e. The number of aryl methyl sites for hydroxylation is 2. The number of benzene rings is 1. The molecule has 0 heterocycles. The molecule has 0 spiro atoms. The van der Waals surface area contributed by atoms with Crippen molar-refractivity contribution in [2.24, 2.45) is 0 Å². The summed E-state index contributed by atoms with van der Waals surface area (Å²) in [5.74, 6) is 0. The molecular weight excluding hydrogens is 168 g/mol. The van der Waals surface area contributed by atoms with E-state index in [1.165, 1.54) is 35.1 Å². The third-order valence-corrected chi connectivity index (χ3v) is 2.49. The maximum absolute atomic E-state index is 2.30. The predicted molar refractivity (Wildman–Crippen MR) is 64.5 cm³/mol. The highest BCUT2D eigenvalue weighted by atomic mass is 14.1. The lowest BCUT2D eigenvalue weighted by Crippen LogP contribution is -1.97. The fraction of sp³-hybridized carbons (Fsp3) is 0.429. The van der Waals surface area contributed by atoms with E-state index in [4.69, 9.17) is 0 Å². The van der Waals surface area contributed by atoms with Crippen LogP contribution in [-0.2, 0) is 6.42 Å². The molecule has 0 N–H and O–H groups in total. The van der Waals surface area contributed by atoms with Gasteiger partial charge in [-0.2, -0.15) is 0 Å². The standard InChI is InChI=1S/C12H14.C2H6/c1-9-3-5-12-8-10(2)4-6-11(12)7-9;1-2/h3,5,7-8H,4,6H2,1-2H3;1-2H3. The zero-order valence-corrected chi connectivity index (χ0v) is 9.72. The Morgan fingerprint density at radius 3 is 2.43 bits per heavy atom. The van der Waals surface area contributed by atoms with Crippen LogP contribution in [0.4, 0.5) is 0 Å². The highest BCUT2D eigenvalue weighted by Gasteiger charge is 2.06. The summed E-state index contributed by atoms with van der Waals surface area (Å²) in [4.78, 5) is 0. The molecule has 0 nitrogen and oxygen atoms in total. The Bertz CT molecular complexity index is 332. The lowest BCUT2D eigenvalue weighted by Gasteiger charge is -2.13. The Labute approximate surface area is 87.7 Å². The molecule has 1 aromatic carbocycles. The van der Waals surface area contributed by atoms with Crippen LogP contribution in [0.3, 0.4) is 0 Å². The average molecular weight is 188 g/mol. The first kappa shape index (κ1) is 11.0. The fourth-order valence-electron chi connectivity index (χ4n) is 1.76. The molecule has 0 unspecified atom stereocenters. The first-order valence-corrected chi connectivity index (χ1v) is 5.52. The molecule has 0 bridgehead atoms. The van der Waals surface area contributed by atoms with Crippen LogP contribution >= 0.6 is 0 Å². The minimum absolute atomic E-state index is 1.22. The molecule has 2 rings (SSSR count). The zero-order chi connectivity index (χ0) is 10.6. The molecule has 0 radical (unpaired) electrons. The van der Waals surface area contributed by atoms with Crippen LogP contribution in [0.2, 0.25) is 0 Å². The maximum Gasteiger partial charge on any atom is -0.0225 e. The van der Waals surface area contributed by atoms with Gasteiger partial charge in [0.15, 0.2) is 0 Å². The first-order valence-electron chi connectivity index (χ1n) is 5.52. The highest BCUT2D eigenvalue weighted by Crippen LogP contribution is 2.23. The van der Waals surface area contributed by atoms with Gasteiger partial charge in [-0.3, -0.25) is 0 Å². The van der Waals surface area contributed by atoms with Crippen molar-refractivity contribution in [3.63, 3.8) is 0 Å². The van der Waals surface area contributed by atoms with Crippen LogP contribution in [0, 0.1) is 6.92 Å². The summed E-state index contributed by atoms with van der Waals surface area (Å²) in [5, 5.41) is 0. The van der Waals surface area contributed by atoms with E-state index < -0.39 is 0 Å². The summed E-state index contributed by atoms with van der Waals surface area (Å²) in [7, 11) is 0. The van der Waals surface area contributed by atoms with Gasteiger partial charge in [-0.15, -0.1) is 0 Å². The molecule has 0 heteroatoms. The third kappa shape index (κ3) is 2.47. The lowest BCUT2D eigenvalue weighted by atomic mass is 9.92. The number of allylic oxidation sites excluding steroid dienone is 1. The second kappa shape index (κ2) is 4.99. The Hall–Kier alpha value is -1.04. The maximum atomic E-state index is 2.30. The Morgan fingerprint density at radius 2 is 1.71 bits per heavy atom. The quantitative estimate of drug-likeness (QED) is 0.567. The topological polar surface area (TPSA) is 0 Å². The molecule has 76 valence electrons. The first-order chi connectivity index (χ1) is 6.75. The molecule has 1 aliphatic carbocycles.